The van der Waals surface area contributed by atoms with Gasteiger partial charge < -0.3 is 41.6 Å². The van der Waals surface area contributed by atoms with Crippen LogP contribution in [0.5, 0.6) is 0 Å². The molecule has 0 aliphatic carbocycles. The number of hydrazone groups is 4. The van der Waals surface area contributed by atoms with Crippen molar-refractivity contribution in [2.45, 2.75) is 57.9 Å². The molecular weight excluding hydrogens is 1160 g/mol. The Labute approximate surface area is 511 Å². The van der Waals surface area contributed by atoms with Crippen LogP contribution in [-0.4, -0.2) is 315 Å². The van der Waals surface area contributed by atoms with Gasteiger partial charge in [-0.3, -0.25) is 79.0 Å². The average Bonchev–Trinajstić information content (AvgIpc) is 2.29. The van der Waals surface area contributed by atoms with E-state index in [-0.39, 0.29) is 95.6 Å². The first-order valence-corrected chi connectivity index (χ1v) is 30.3. The molecule has 0 aromatic heterocycles. The average molecular weight is 1230 g/mol. The van der Waals surface area contributed by atoms with Crippen LogP contribution in [0.1, 0.15) is 20.8 Å². The predicted octanol–water partition coefficient (Wildman–Crippen LogP) is -7.12. The number of nitrogens with one attached hydrogen (secondary N) is 8. The molecule has 12 unspecified atom stereocenters. The van der Waals surface area contributed by atoms with Crippen molar-refractivity contribution in [1.29, 1.82) is 0 Å². The first-order valence-electron chi connectivity index (χ1n) is 30.3. The lowest BCUT2D eigenvalue weighted by molar-refractivity contribution is -0.134. The lowest BCUT2D eigenvalue weighted by atomic mass is 9.98. The van der Waals surface area contributed by atoms with Gasteiger partial charge in [0, 0.05) is 105 Å². The molecule has 6 amide bonds. The fraction of sp³-hybridized carbons (Fsp3) is 0.660. The fourth-order valence-electron chi connectivity index (χ4n) is 13.0. The number of oxime groups is 2. The Balaban J connectivity index is 0.0000000983. The Morgan fingerprint density at radius 3 is 1.45 bits per heavy atom. The van der Waals surface area contributed by atoms with Crippen molar-refractivity contribution in [3.63, 3.8) is 0 Å². The zero-order valence-electron chi connectivity index (χ0n) is 50.1. The molecular formula is C53H74N28O8. The highest BCUT2D eigenvalue weighted by Crippen LogP contribution is 2.31. The fourth-order valence-corrected chi connectivity index (χ4v) is 13.0. The van der Waals surface area contributed by atoms with E-state index in [1.807, 2.05) is 34.9 Å². The number of nitrogens with zero attached hydrogens (tertiary/aromatic N) is 20. The van der Waals surface area contributed by atoms with E-state index in [0.29, 0.717) is 65.4 Å². The maximum Gasteiger partial charge on any atom is 0.242 e. The molecule has 0 radical (unpaired) electrons. The zero-order chi connectivity index (χ0) is 61.6. The van der Waals surface area contributed by atoms with Gasteiger partial charge in [-0.15, -0.1) is 0 Å². The molecule has 12 atom stereocenters. The van der Waals surface area contributed by atoms with Crippen molar-refractivity contribution in [3.8, 4) is 0 Å². The minimum absolute atomic E-state index is 0.0581. The molecule has 0 bridgehead atoms. The van der Waals surface area contributed by atoms with Gasteiger partial charge in [0.05, 0.1) is 62.6 Å². The summed E-state index contributed by atoms with van der Waals surface area (Å²) in [4.78, 5) is 120. The van der Waals surface area contributed by atoms with Gasteiger partial charge >= 0.3 is 0 Å². The van der Waals surface area contributed by atoms with Crippen molar-refractivity contribution in [3.05, 3.63) is 0 Å². The number of amidine groups is 6. The number of amides is 6. The molecule has 0 spiro atoms. The van der Waals surface area contributed by atoms with E-state index >= 15 is 0 Å². The number of piperazine rings is 6. The minimum Gasteiger partial charge on any atom is -0.368 e. The summed E-state index contributed by atoms with van der Waals surface area (Å²) in [5.41, 5.74) is 8.17. The largest absolute Gasteiger partial charge is 0.368 e. The predicted molar refractivity (Wildman–Crippen MR) is 325 cm³/mol. The van der Waals surface area contributed by atoms with Crippen LogP contribution >= 0.6 is 0 Å². The van der Waals surface area contributed by atoms with Gasteiger partial charge in [-0.25, -0.2) is 30.0 Å². The van der Waals surface area contributed by atoms with E-state index < -0.39 is 12.5 Å². The number of carbonyl (C=O) groups is 6. The standard InChI is InChI=1S/C10H15N5O.2C9H13N5O.C9H12N4O2.C8H11N5O.C8H10N4O2/c1-6-8-9(14(2)13-6)12-7-5-11-3-4-15(7)10(8)16;1-13-8-6(4-11-13)9(15)14-3-2-10-5-7(14)12-8;1-5-7-8(13-12-5)11-6-4-10-2-3-14(6)9(7)15;1-5-7-8(15-12-5)11-6-4-10-2-3-13(6)9(7)14;14-8-5-3-10-12-7(5)11-6-4-9-1-2-13(6)8;13-8-5-3-10-14-7(5)11-6-4-9-1-2-12(6)8/h8-9,11H,3-5H2,1-2H3;4,6,8,10H,2-3,5H2,1H3;7-8,10,13H,2-4H2,1H3;7-8,10H,2-4H2,1H3;3,5,7,9,12H,1-2,4H2;3,5,7,9H,1-2,4H2. The van der Waals surface area contributed by atoms with Crippen LogP contribution in [0, 0.1) is 35.5 Å². The lowest BCUT2D eigenvalue weighted by Crippen LogP contribution is -2.58. The Morgan fingerprint density at radius 1 is 0.416 bits per heavy atom. The lowest BCUT2D eigenvalue weighted by Gasteiger charge is -2.37. The second-order valence-corrected chi connectivity index (χ2v) is 23.4. The SMILES string of the molecule is CC1=NN(C)C2N=C3CNCCN3C(=O)C12.CC1=NNC2N=C3CNCCN3C(=O)C12.CC1=NOC2N=C3CNCCN3C(=O)C12.CN1N=CC2C(=O)N3CCNCC3=NC21.O=C1C2C=NNC2N=C2CNCCN12.O=C1C2C=NOC2N=C2CNCCN12. The maximum absolute atomic E-state index is 12.3. The summed E-state index contributed by atoms with van der Waals surface area (Å²) in [7, 11) is 3.72. The molecule has 6 saturated heterocycles. The van der Waals surface area contributed by atoms with Gasteiger partial charge in [0.25, 0.3) is 0 Å². The second-order valence-electron chi connectivity index (χ2n) is 23.4. The molecule has 18 rings (SSSR count). The Bertz CT molecular complexity index is 3140. The van der Waals surface area contributed by atoms with Gasteiger partial charge in [0.2, 0.25) is 47.9 Å². The highest BCUT2D eigenvalue weighted by atomic mass is 16.7. The molecule has 6 fully saturated rings. The summed E-state index contributed by atoms with van der Waals surface area (Å²) >= 11 is 0. The Hall–Kier alpha value is -8.58. The minimum atomic E-state index is -0.427. The topological polar surface area (TPSA) is 391 Å². The smallest absolute Gasteiger partial charge is 0.242 e. The van der Waals surface area contributed by atoms with Crippen LogP contribution in [0.15, 0.2) is 60.7 Å². The number of aliphatic imine (C=N–C) groups is 6. The van der Waals surface area contributed by atoms with E-state index in [0.717, 1.165) is 105 Å². The number of fused-ring (bicyclic) bond motifs is 12. The summed E-state index contributed by atoms with van der Waals surface area (Å²) in [6, 6.07) is 0. The van der Waals surface area contributed by atoms with Crippen molar-refractivity contribution in [1.82, 2.24) is 82.2 Å². The van der Waals surface area contributed by atoms with E-state index in [1.54, 1.807) is 51.8 Å². The molecule has 0 aromatic rings. The summed E-state index contributed by atoms with van der Waals surface area (Å²) in [5.74, 6) is 4.26. The zero-order valence-corrected chi connectivity index (χ0v) is 50.1. The molecule has 36 heteroatoms. The van der Waals surface area contributed by atoms with E-state index in [4.69, 9.17) is 9.68 Å². The monoisotopic (exact) mass is 1230 g/mol. The number of hydrogen-bond donors (Lipinski definition) is 8. The van der Waals surface area contributed by atoms with Crippen LogP contribution < -0.4 is 42.8 Å². The molecule has 89 heavy (non-hydrogen) atoms. The first-order chi connectivity index (χ1) is 43.2. The molecule has 18 heterocycles. The number of carbonyl (C=O) groups excluding carboxylic acids is 6. The van der Waals surface area contributed by atoms with Crippen molar-refractivity contribution >= 4 is 106 Å². The Morgan fingerprint density at radius 2 is 0.876 bits per heavy atom. The summed E-state index contributed by atoms with van der Waals surface area (Å²) in [6.07, 6.45) is 3.44. The molecule has 18 aliphatic rings. The number of hydrogen-bond acceptors (Lipinski definition) is 30. The second kappa shape index (κ2) is 25.1. The molecule has 36 nitrogen and oxygen atoms in total. The van der Waals surface area contributed by atoms with Crippen molar-refractivity contribution < 1.29 is 38.4 Å². The van der Waals surface area contributed by atoms with Crippen LogP contribution in [0.25, 0.3) is 0 Å². The third-order valence-corrected chi connectivity index (χ3v) is 17.8. The highest BCUT2D eigenvalue weighted by Gasteiger charge is 2.49. The van der Waals surface area contributed by atoms with Gasteiger partial charge in [-0.05, 0) is 20.8 Å². The maximum atomic E-state index is 12.3. The molecule has 0 aromatic carbocycles. The van der Waals surface area contributed by atoms with Gasteiger partial charge in [0.15, 0.2) is 24.7 Å². The van der Waals surface area contributed by atoms with Crippen molar-refractivity contribution in [2.75, 3.05) is 132 Å². The molecule has 8 N–H and O–H groups in total. The third-order valence-electron chi connectivity index (χ3n) is 17.8. The molecule has 18 aliphatic heterocycles. The van der Waals surface area contributed by atoms with Crippen LogP contribution in [0.2, 0.25) is 0 Å². The van der Waals surface area contributed by atoms with E-state index in [1.165, 1.54) is 6.21 Å². The van der Waals surface area contributed by atoms with Gasteiger partial charge in [0.1, 0.15) is 70.5 Å². The highest BCUT2D eigenvalue weighted by molar-refractivity contribution is 6.15. The third kappa shape index (κ3) is 11.4. The molecule has 474 valence electrons. The quantitative estimate of drug-likeness (QED) is 0.112. The van der Waals surface area contributed by atoms with Crippen molar-refractivity contribution in [2.24, 2.45) is 96.2 Å². The van der Waals surface area contributed by atoms with Crippen LogP contribution in [0.4, 0.5) is 0 Å². The van der Waals surface area contributed by atoms with Gasteiger partial charge in [-0.1, -0.05) is 10.3 Å². The Kier molecular flexibility index (Phi) is 16.8. The van der Waals surface area contributed by atoms with E-state index in [2.05, 4.69) is 103 Å². The van der Waals surface area contributed by atoms with Crippen LogP contribution in [-0.2, 0) is 38.4 Å². The summed E-state index contributed by atoms with van der Waals surface area (Å²) < 4.78 is 0. The summed E-state index contributed by atoms with van der Waals surface area (Å²) in [5, 5.41) is 46.6. The normalized spacial score (nSPS) is 34.1. The van der Waals surface area contributed by atoms with Gasteiger partial charge in [-0.2, -0.15) is 20.4 Å². The molecule has 0 saturated carbocycles. The summed E-state index contributed by atoms with van der Waals surface area (Å²) in [6.45, 7) is 18.8. The number of rotatable bonds is 0. The first kappa shape index (κ1) is 59.4. The van der Waals surface area contributed by atoms with Crippen LogP contribution in [0.3, 0.4) is 0 Å². The van der Waals surface area contributed by atoms with E-state index in [9.17, 15) is 28.8 Å².